The summed E-state index contributed by atoms with van der Waals surface area (Å²) in [6.07, 6.45) is 1.21. The largest absolute Gasteiger partial charge is 0.371 e. The van der Waals surface area contributed by atoms with Gasteiger partial charge in [-0.3, -0.25) is 9.69 Å². The van der Waals surface area contributed by atoms with Crippen LogP contribution in [0, 0.1) is 13.8 Å². The van der Waals surface area contributed by atoms with E-state index in [4.69, 9.17) is 4.74 Å². The van der Waals surface area contributed by atoms with Gasteiger partial charge in [0.15, 0.2) is 0 Å². The number of aryl methyl sites for hydroxylation is 2. The Kier molecular flexibility index (Phi) is 8.48. The van der Waals surface area contributed by atoms with Crippen molar-refractivity contribution in [2.45, 2.75) is 43.2 Å². The molecule has 224 valence electrons. The van der Waals surface area contributed by atoms with Gasteiger partial charge < -0.3 is 10.1 Å². The summed E-state index contributed by atoms with van der Waals surface area (Å²) in [5.41, 5.74) is 3.97. The number of carbonyl (C=O) groups excluding carboxylic acids is 1. The van der Waals surface area contributed by atoms with Crippen molar-refractivity contribution in [1.29, 1.82) is 0 Å². The van der Waals surface area contributed by atoms with Gasteiger partial charge in [0.1, 0.15) is 0 Å². The molecule has 1 spiro atoms. The molecule has 0 unspecified atom stereocenters. The van der Waals surface area contributed by atoms with E-state index in [-0.39, 0.29) is 29.9 Å². The summed E-state index contributed by atoms with van der Waals surface area (Å²) in [5, 5.41) is 6.02. The van der Waals surface area contributed by atoms with Crippen molar-refractivity contribution in [2.24, 2.45) is 0 Å². The molecule has 6 rings (SSSR count). The molecule has 0 aliphatic carbocycles. The van der Waals surface area contributed by atoms with Gasteiger partial charge in [0, 0.05) is 36.3 Å². The maximum atomic E-state index is 14.0. The fourth-order valence-electron chi connectivity index (χ4n) is 5.95. The molecule has 2 atom stereocenters. The minimum atomic E-state index is -3.77. The fraction of sp³-hybridized carbons (Fsp3) is 0.333. The third-order valence-corrected chi connectivity index (χ3v) is 10.9. The molecule has 0 saturated carbocycles. The van der Waals surface area contributed by atoms with E-state index in [0.29, 0.717) is 32.5 Å². The van der Waals surface area contributed by atoms with E-state index in [1.807, 2.05) is 86.0 Å². The zero-order valence-electron chi connectivity index (χ0n) is 24.4. The Morgan fingerprint density at radius 2 is 1.84 bits per heavy atom. The lowest BCUT2D eigenvalue weighted by molar-refractivity contribution is -0.118. The summed E-state index contributed by atoms with van der Waals surface area (Å²) in [6.45, 7) is 5.78. The Labute approximate surface area is 257 Å². The van der Waals surface area contributed by atoms with Crippen LogP contribution in [-0.2, 0) is 26.0 Å². The molecule has 43 heavy (non-hydrogen) atoms. The molecule has 2 aliphatic heterocycles. The van der Waals surface area contributed by atoms with Crippen molar-refractivity contribution >= 4 is 33.0 Å². The minimum Gasteiger partial charge on any atom is -0.371 e. The first kappa shape index (κ1) is 29.7. The van der Waals surface area contributed by atoms with E-state index in [1.54, 1.807) is 27.8 Å². The molecule has 8 nitrogen and oxygen atoms in total. The molecule has 10 heteroatoms. The lowest BCUT2D eigenvalue weighted by Gasteiger charge is -2.44. The van der Waals surface area contributed by atoms with Crippen LogP contribution in [0.4, 0.5) is 5.69 Å². The average Bonchev–Trinajstić information content (AvgIpc) is 3.61. The van der Waals surface area contributed by atoms with Gasteiger partial charge in [-0.1, -0.05) is 60.2 Å². The third-order valence-electron chi connectivity index (χ3n) is 8.20. The molecule has 1 aromatic heterocycles. The smallest absolute Gasteiger partial charge is 0.243 e. The van der Waals surface area contributed by atoms with Crippen molar-refractivity contribution in [3.8, 4) is 11.3 Å². The quantitative estimate of drug-likeness (QED) is 0.295. The van der Waals surface area contributed by atoms with Crippen LogP contribution in [0.15, 0.2) is 89.1 Å². The predicted octanol–water partition coefficient (Wildman–Crippen LogP) is 5.14. The summed E-state index contributed by atoms with van der Waals surface area (Å²) in [6, 6.07) is 24.3. The summed E-state index contributed by atoms with van der Waals surface area (Å²) in [5.74, 6) is -0.120. The standard InChI is InChI=1S/C33H36N4O4S2/c1-24-11-13-30(14-12-24)43(39,40)37-23-33(41-20-29(37)17-26-7-4-3-5-8-26)15-16-36(22-33)19-32(38)35-28-10-6-9-27(18-28)31-21-42-25(2)34-31/h3-14,18,21,29H,15-17,19-20,22-23H2,1-2H3,(H,35,38)/t29-,33-/m0/s1. The maximum absolute atomic E-state index is 14.0. The Morgan fingerprint density at radius 3 is 2.58 bits per heavy atom. The fourth-order valence-corrected chi connectivity index (χ4v) is 8.26. The first-order valence-corrected chi connectivity index (χ1v) is 16.8. The highest BCUT2D eigenvalue weighted by Gasteiger charge is 2.49. The molecule has 3 aromatic carbocycles. The number of amides is 1. The van der Waals surface area contributed by atoms with E-state index < -0.39 is 15.6 Å². The van der Waals surface area contributed by atoms with Gasteiger partial charge in [0.05, 0.1) is 40.4 Å². The van der Waals surface area contributed by atoms with Crippen molar-refractivity contribution < 1.29 is 17.9 Å². The number of nitrogens with zero attached hydrogens (tertiary/aromatic N) is 3. The number of nitrogens with one attached hydrogen (secondary N) is 1. The van der Waals surface area contributed by atoms with E-state index in [0.717, 1.165) is 33.1 Å². The van der Waals surface area contributed by atoms with Crippen LogP contribution in [0.25, 0.3) is 11.3 Å². The molecule has 2 aliphatic rings. The van der Waals surface area contributed by atoms with Gasteiger partial charge >= 0.3 is 0 Å². The second-order valence-electron chi connectivity index (χ2n) is 11.5. The summed E-state index contributed by atoms with van der Waals surface area (Å²) >= 11 is 1.59. The molecular weight excluding hydrogens is 581 g/mol. The highest BCUT2D eigenvalue weighted by atomic mass is 32.2. The lowest BCUT2D eigenvalue weighted by Crippen LogP contribution is -2.59. The van der Waals surface area contributed by atoms with E-state index >= 15 is 0 Å². The zero-order chi connectivity index (χ0) is 30.0. The van der Waals surface area contributed by atoms with Gasteiger partial charge in [0.2, 0.25) is 15.9 Å². The van der Waals surface area contributed by atoms with Crippen LogP contribution < -0.4 is 5.32 Å². The Hall–Kier alpha value is -3.41. The van der Waals surface area contributed by atoms with Gasteiger partial charge in [-0.2, -0.15) is 4.31 Å². The van der Waals surface area contributed by atoms with Crippen molar-refractivity contribution in [3.63, 3.8) is 0 Å². The number of sulfonamides is 1. The average molecular weight is 617 g/mol. The number of likely N-dealkylation sites (tertiary alicyclic amines) is 1. The van der Waals surface area contributed by atoms with Crippen molar-refractivity contribution in [1.82, 2.24) is 14.2 Å². The number of carbonyl (C=O) groups is 1. The SMILES string of the molecule is Cc1ccc(S(=O)(=O)N2C[C@@]3(CCN(CC(=O)Nc4cccc(-c5csc(C)n5)c4)C3)OC[C@@H]2Cc2ccccc2)cc1. The minimum absolute atomic E-state index is 0.120. The summed E-state index contributed by atoms with van der Waals surface area (Å²) in [4.78, 5) is 20.0. The first-order valence-electron chi connectivity index (χ1n) is 14.5. The Morgan fingerprint density at radius 1 is 1.05 bits per heavy atom. The van der Waals surface area contributed by atoms with Crippen LogP contribution in [-0.4, -0.2) is 72.9 Å². The molecular formula is C33H36N4O4S2. The van der Waals surface area contributed by atoms with E-state index in [9.17, 15) is 13.2 Å². The van der Waals surface area contributed by atoms with E-state index in [1.165, 1.54) is 0 Å². The van der Waals surface area contributed by atoms with Crippen LogP contribution in [0.1, 0.15) is 22.6 Å². The number of anilines is 1. The number of aromatic nitrogens is 1. The zero-order valence-corrected chi connectivity index (χ0v) is 26.0. The number of benzene rings is 3. The molecule has 3 heterocycles. The second-order valence-corrected chi connectivity index (χ2v) is 14.5. The van der Waals surface area contributed by atoms with Gasteiger partial charge in [-0.15, -0.1) is 11.3 Å². The van der Waals surface area contributed by atoms with Gasteiger partial charge in [-0.25, -0.2) is 13.4 Å². The van der Waals surface area contributed by atoms with Crippen LogP contribution in [0.2, 0.25) is 0 Å². The van der Waals surface area contributed by atoms with Crippen molar-refractivity contribution in [2.75, 3.05) is 38.1 Å². The number of thiazole rings is 1. The molecule has 2 saturated heterocycles. The van der Waals surface area contributed by atoms with Gasteiger partial charge in [0.25, 0.3) is 0 Å². The molecule has 0 bridgehead atoms. The summed E-state index contributed by atoms with van der Waals surface area (Å²) in [7, 11) is -3.77. The topological polar surface area (TPSA) is 91.8 Å². The van der Waals surface area contributed by atoms with Crippen molar-refractivity contribution in [3.05, 3.63) is 100 Å². The second kappa shape index (κ2) is 12.3. The van der Waals surface area contributed by atoms with Gasteiger partial charge in [-0.05, 0) is 56.5 Å². The maximum Gasteiger partial charge on any atom is 0.243 e. The van der Waals surface area contributed by atoms with Crippen LogP contribution in [0.5, 0.6) is 0 Å². The molecule has 1 amide bonds. The highest BCUT2D eigenvalue weighted by molar-refractivity contribution is 7.89. The number of ether oxygens (including phenoxy) is 1. The monoisotopic (exact) mass is 616 g/mol. The van der Waals surface area contributed by atoms with Crippen LogP contribution >= 0.6 is 11.3 Å². The normalized spacial score (nSPS) is 21.3. The highest BCUT2D eigenvalue weighted by Crippen LogP contribution is 2.35. The summed E-state index contributed by atoms with van der Waals surface area (Å²) < 4.78 is 36.2. The first-order chi connectivity index (χ1) is 20.7. The Bertz CT molecular complexity index is 1690. The number of hydrogen-bond acceptors (Lipinski definition) is 7. The number of morpholine rings is 1. The molecule has 2 fully saturated rings. The molecule has 1 N–H and O–H groups in total. The third kappa shape index (κ3) is 6.73. The van der Waals surface area contributed by atoms with E-state index in [2.05, 4.69) is 15.2 Å². The number of rotatable bonds is 8. The molecule has 4 aromatic rings. The Balaban J connectivity index is 1.15. The van der Waals surface area contributed by atoms with Crippen LogP contribution in [0.3, 0.4) is 0 Å². The lowest BCUT2D eigenvalue weighted by atomic mass is 9.98. The molecule has 0 radical (unpaired) electrons. The predicted molar refractivity (Wildman–Crippen MR) is 170 cm³/mol. The number of hydrogen-bond donors (Lipinski definition) is 1.